The molecule has 0 unspecified atom stereocenters. The highest BCUT2D eigenvalue weighted by Crippen LogP contribution is 2.36. The minimum atomic E-state index is -3.76. The molecule has 7 nitrogen and oxygen atoms in total. The number of nitrogens with zero attached hydrogens (tertiary/aromatic N) is 3. The van der Waals surface area contributed by atoms with Crippen LogP contribution in [0, 0.1) is 6.92 Å². The highest BCUT2D eigenvalue weighted by molar-refractivity contribution is 7.89. The minimum Gasteiger partial charge on any atom is -0.467 e. The molecule has 3 aromatic carbocycles. The van der Waals surface area contributed by atoms with Gasteiger partial charge in [-0.05, 0) is 60.5 Å². The predicted octanol–water partition coefficient (Wildman–Crippen LogP) is 6.91. The first-order valence-electron chi connectivity index (χ1n) is 12.3. The summed E-state index contributed by atoms with van der Waals surface area (Å²) in [7, 11) is -3.76. The highest BCUT2D eigenvalue weighted by Gasteiger charge is 2.26. The molecule has 5 rings (SSSR count). The van der Waals surface area contributed by atoms with Crippen molar-refractivity contribution in [3.8, 4) is 0 Å². The van der Waals surface area contributed by atoms with E-state index in [1.165, 1.54) is 44.8 Å². The van der Waals surface area contributed by atoms with E-state index < -0.39 is 10.0 Å². The van der Waals surface area contributed by atoms with Crippen molar-refractivity contribution in [1.82, 2.24) is 9.29 Å². The van der Waals surface area contributed by atoms with Gasteiger partial charge in [-0.3, -0.25) is 9.69 Å². The predicted molar refractivity (Wildman–Crippen MR) is 155 cm³/mol. The van der Waals surface area contributed by atoms with Gasteiger partial charge in [-0.15, -0.1) is 0 Å². The van der Waals surface area contributed by atoms with Crippen molar-refractivity contribution in [2.75, 3.05) is 11.4 Å². The van der Waals surface area contributed by atoms with Crippen LogP contribution < -0.4 is 4.90 Å². The monoisotopic (exact) mass is 579 g/mol. The number of rotatable bonds is 9. The second kappa shape index (κ2) is 11.3. The van der Waals surface area contributed by atoms with E-state index in [0.29, 0.717) is 28.0 Å². The number of furan rings is 1. The Bertz CT molecular complexity index is 1660. The van der Waals surface area contributed by atoms with Gasteiger partial charge in [0.15, 0.2) is 5.13 Å². The quantitative estimate of drug-likeness (QED) is 0.189. The normalized spacial score (nSPS) is 11.8. The molecule has 10 heteroatoms. The van der Waals surface area contributed by atoms with Crippen molar-refractivity contribution in [3.63, 3.8) is 0 Å². The van der Waals surface area contributed by atoms with Gasteiger partial charge in [-0.25, -0.2) is 13.4 Å². The van der Waals surface area contributed by atoms with Crippen LogP contribution in [-0.2, 0) is 23.1 Å². The van der Waals surface area contributed by atoms with E-state index >= 15 is 0 Å². The number of carbonyl (C=O) groups is 1. The molecule has 1 amide bonds. The Morgan fingerprint density at radius 3 is 2.36 bits per heavy atom. The van der Waals surface area contributed by atoms with Gasteiger partial charge < -0.3 is 4.42 Å². The van der Waals surface area contributed by atoms with Gasteiger partial charge in [0, 0.05) is 18.7 Å². The average molecular weight is 580 g/mol. The van der Waals surface area contributed by atoms with E-state index in [-0.39, 0.29) is 23.9 Å². The molecule has 5 aromatic rings. The van der Waals surface area contributed by atoms with Crippen LogP contribution in [0.1, 0.15) is 34.2 Å². The Hall–Kier alpha value is -3.50. The van der Waals surface area contributed by atoms with Crippen LogP contribution in [-0.4, -0.2) is 30.2 Å². The lowest BCUT2D eigenvalue weighted by molar-refractivity contribution is 0.0983. The maximum Gasteiger partial charge on any atom is 0.260 e. The molecular formula is C29H26ClN3O4S2. The van der Waals surface area contributed by atoms with E-state index in [1.54, 1.807) is 25.3 Å². The SMILES string of the molecule is CCN(Cc1ccccc1)S(=O)(=O)c1ccc(C(=O)N(Cc2ccco2)c2nc3c(C)ccc(Cl)c3s2)cc1. The molecule has 2 heterocycles. The van der Waals surface area contributed by atoms with E-state index in [0.717, 1.165) is 21.3 Å². The van der Waals surface area contributed by atoms with Crippen LogP contribution in [0.25, 0.3) is 10.2 Å². The van der Waals surface area contributed by atoms with Crippen molar-refractivity contribution in [3.05, 3.63) is 113 Å². The van der Waals surface area contributed by atoms with Crippen molar-refractivity contribution in [2.24, 2.45) is 0 Å². The zero-order valence-corrected chi connectivity index (χ0v) is 23.8. The molecule has 0 aliphatic rings. The fraction of sp³-hybridized carbons (Fsp3) is 0.172. The Balaban J connectivity index is 1.45. The largest absolute Gasteiger partial charge is 0.467 e. The third-order valence-corrected chi connectivity index (χ3v) is 9.82. The first-order valence-corrected chi connectivity index (χ1v) is 15.0. The Morgan fingerprint density at radius 1 is 0.974 bits per heavy atom. The highest BCUT2D eigenvalue weighted by atomic mass is 35.5. The summed E-state index contributed by atoms with van der Waals surface area (Å²) in [4.78, 5) is 20.1. The van der Waals surface area contributed by atoms with Gasteiger partial charge in [-0.2, -0.15) is 4.31 Å². The summed E-state index contributed by atoms with van der Waals surface area (Å²) >= 11 is 7.75. The molecule has 200 valence electrons. The van der Waals surface area contributed by atoms with Crippen LogP contribution in [0.4, 0.5) is 5.13 Å². The number of anilines is 1. The average Bonchev–Trinajstić information content (AvgIpc) is 3.64. The summed E-state index contributed by atoms with van der Waals surface area (Å²) < 4.78 is 34.5. The number of hydrogen-bond donors (Lipinski definition) is 0. The van der Waals surface area contributed by atoms with Crippen LogP contribution in [0.15, 0.2) is 94.4 Å². The molecule has 0 fully saturated rings. The lowest BCUT2D eigenvalue weighted by Gasteiger charge is -2.21. The first kappa shape index (κ1) is 27.1. The van der Waals surface area contributed by atoms with Gasteiger partial charge >= 0.3 is 0 Å². The van der Waals surface area contributed by atoms with Crippen molar-refractivity contribution < 1.29 is 17.6 Å². The summed E-state index contributed by atoms with van der Waals surface area (Å²) in [5, 5.41) is 1.04. The number of thiazole rings is 1. The summed E-state index contributed by atoms with van der Waals surface area (Å²) in [5.41, 5.74) is 2.91. The number of aryl methyl sites for hydroxylation is 1. The van der Waals surface area contributed by atoms with Crippen molar-refractivity contribution in [1.29, 1.82) is 0 Å². The molecule has 39 heavy (non-hydrogen) atoms. The van der Waals surface area contributed by atoms with Gasteiger partial charge in [0.1, 0.15) is 5.76 Å². The smallest absolute Gasteiger partial charge is 0.260 e. The third kappa shape index (κ3) is 5.62. The molecule has 0 saturated carbocycles. The molecule has 0 aliphatic heterocycles. The summed E-state index contributed by atoms with van der Waals surface area (Å²) in [6.07, 6.45) is 1.55. The maximum atomic E-state index is 13.8. The van der Waals surface area contributed by atoms with Crippen molar-refractivity contribution >= 4 is 54.2 Å². The number of halogens is 1. The fourth-order valence-corrected chi connectivity index (χ4v) is 6.97. The second-order valence-corrected chi connectivity index (χ2v) is 12.3. The number of aromatic nitrogens is 1. The van der Waals surface area contributed by atoms with Crippen LogP contribution >= 0.6 is 22.9 Å². The standard InChI is InChI=1S/C29H26ClN3O4S2/c1-3-32(18-21-8-5-4-6-9-21)39(35,36)24-14-12-22(13-15-24)28(34)33(19-23-10-7-17-37-23)29-31-26-20(2)11-16-25(30)27(26)38-29/h4-17H,3,18-19H2,1-2H3. The number of sulfonamides is 1. The number of carbonyl (C=O) groups excluding carboxylic acids is 1. The zero-order chi connectivity index (χ0) is 27.6. The molecule has 0 radical (unpaired) electrons. The Morgan fingerprint density at radius 2 is 1.72 bits per heavy atom. The summed E-state index contributed by atoms with van der Waals surface area (Å²) in [6.45, 7) is 4.47. The molecular weight excluding hydrogens is 554 g/mol. The number of benzene rings is 3. The van der Waals surface area contributed by atoms with Crippen LogP contribution in [0.3, 0.4) is 0 Å². The maximum absolute atomic E-state index is 13.8. The minimum absolute atomic E-state index is 0.122. The van der Waals surface area contributed by atoms with Gasteiger partial charge in [0.05, 0.1) is 32.9 Å². The van der Waals surface area contributed by atoms with E-state index in [1.807, 2.05) is 49.4 Å². The van der Waals surface area contributed by atoms with E-state index in [2.05, 4.69) is 0 Å². The van der Waals surface area contributed by atoms with E-state index in [4.69, 9.17) is 21.0 Å². The number of fused-ring (bicyclic) bond motifs is 1. The molecule has 0 atom stereocenters. The second-order valence-electron chi connectivity index (χ2n) is 8.95. The summed E-state index contributed by atoms with van der Waals surface area (Å²) in [5.74, 6) is 0.254. The topological polar surface area (TPSA) is 83.7 Å². The summed E-state index contributed by atoms with van der Waals surface area (Å²) in [6, 6.07) is 22.7. The third-order valence-electron chi connectivity index (χ3n) is 6.35. The van der Waals surface area contributed by atoms with Gasteiger partial charge in [-0.1, -0.05) is 66.3 Å². The van der Waals surface area contributed by atoms with Crippen LogP contribution in [0.2, 0.25) is 5.02 Å². The van der Waals surface area contributed by atoms with Crippen molar-refractivity contribution in [2.45, 2.75) is 31.8 Å². The van der Waals surface area contributed by atoms with Crippen LogP contribution in [0.5, 0.6) is 0 Å². The van der Waals surface area contributed by atoms with Gasteiger partial charge in [0.25, 0.3) is 5.91 Å². The molecule has 0 spiro atoms. The lowest BCUT2D eigenvalue weighted by atomic mass is 10.2. The number of amides is 1. The molecule has 2 aromatic heterocycles. The molecule has 0 bridgehead atoms. The lowest BCUT2D eigenvalue weighted by Crippen LogP contribution is -2.31. The Kier molecular flexibility index (Phi) is 7.86. The molecule has 0 saturated heterocycles. The first-order chi connectivity index (χ1) is 18.8. The van der Waals surface area contributed by atoms with E-state index in [9.17, 15) is 13.2 Å². The number of hydrogen-bond acceptors (Lipinski definition) is 6. The zero-order valence-electron chi connectivity index (χ0n) is 21.4. The Labute approximate surface area is 236 Å². The molecule has 0 aliphatic carbocycles. The molecule has 0 N–H and O–H groups in total. The van der Waals surface area contributed by atoms with Gasteiger partial charge in [0.2, 0.25) is 10.0 Å². The fourth-order valence-electron chi connectivity index (χ4n) is 4.22.